The molecule has 0 radical (unpaired) electrons. The van der Waals surface area contributed by atoms with Crippen molar-refractivity contribution < 1.29 is 28.0 Å². The summed E-state index contributed by atoms with van der Waals surface area (Å²) in [6.07, 6.45) is 3.50. The van der Waals surface area contributed by atoms with Gasteiger partial charge >= 0.3 is 0 Å². The van der Waals surface area contributed by atoms with E-state index in [-0.39, 0.29) is 43.4 Å². The molecule has 0 aliphatic heterocycles. The molecule has 15 heteroatoms. The number of benzene rings is 2. The van der Waals surface area contributed by atoms with Crippen molar-refractivity contribution in [2.45, 2.75) is 91.9 Å². The Labute approximate surface area is 322 Å². The van der Waals surface area contributed by atoms with Crippen molar-refractivity contribution in [2.75, 3.05) is 32.7 Å². The third-order valence-electron chi connectivity index (χ3n) is 8.68. The molecule has 7 N–H and O–H groups in total. The average molecular weight is 769 g/mol. The molecule has 1 aromatic heterocycles. The minimum atomic E-state index is -1.07. The summed E-state index contributed by atoms with van der Waals surface area (Å²) in [7, 11) is 0. The second-order valence-electron chi connectivity index (χ2n) is 14.0. The second-order valence-corrected chi connectivity index (χ2v) is 14.0. The Morgan fingerprint density at radius 3 is 2.18 bits per heavy atom. The minimum Gasteiger partial charge on any atom is -0.353 e. The molecular weight excluding hydrogens is 710 g/mol. The van der Waals surface area contributed by atoms with Crippen molar-refractivity contribution in [3.63, 3.8) is 0 Å². The molecule has 3 atom stereocenters. The average Bonchev–Trinajstić information content (AvgIpc) is 3.54. The molecule has 302 valence electrons. The van der Waals surface area contributed by atoms with Gasteiger partial charge in [-0.2, -0.15) is 4.91 Å². The van der Waals surface area contributed by atoms with Crippen molar-refractivity contribution in [1.29, 1.82) is 0 Å². The van der Waals surface area contributed by atoms with Gasteiger partial charge in [0.2, 0.25) is 23.6 Å². The summed E-state index contributed by atoms with van der Waals surface area (Å²) in [5.74, 6) is -3.07. The van der Waals surface area contributed by atoms with Crippen molar-refractivity contribution in [1.82, 2.24) is 25.4 Å². The highest BCUT2D eigenvalue weighted by Gasteiger charge is 2.37. The number of nitrogens with one attached hydrogen (secondary N) is 3. The lowest BCUT2D eigenvalue weighted by atomic mass is 9.82. The number of halogens is 2. The Morgan fingerprint density at radius 2 is 1.58 bits per heavy atom. The number of unbranched alkanes of at least 4 members (excludes halogenated alkanes) is 1. The highest BCUT2D eigenvalue weighted by molar-refractivity contribution is 5.87. The number of nitrogens with two attached hydrogens (primary N) is 2. The van der Waals surface area contributed by atoms with Crippen molar-refractivity contribution in [3.8, 4) is 11.1 Å². The fraction of sp³-hybridized carbons (Fsp3) is 0.500. The van der Waals surface area contributed by atoms with Gasteiger partial charge in [-0.25, -0.2) is 8.78 Å². The van der Waals surface area contributed by atoms with Crippen molar-refractivity contribution >= 4 is 23.6 Å². The van der Waals surface area contributed by atoms with Gasteiger partial charge in [0.1, 0.15) is 17.7 Å². The number of aromatic nitrogens is 1. The van der Waals surface area contributed by atoms with Gasteiger partial charge in [-0.15, -0.1) is 0 Å². The summed E-state index contributed by atoms with van der Waals surface area (Å²) in [6.45, 7) is 11.3. The number of rotatable bonds is 20. The SMILES string of the molecule is CC.CC(=O)NC(CCCCN)C(=O)NCCNC(=O)C(N)CCN(C(=O)CN=O)C(c1cc(-c2cc(F)ccc2F)cn1Cc1ccccc1)C(C)(C)C. The first-order valence-corrected chi connectivity index (χ1v) is 18.7. The predicted octanol–water partition coefficient (Wildman–Crippen LogP) is 4.77. The van der Waals surface area contributed by atoms with Crippen LogP contribution in [0.5, 0.6) is 0 Å². The zero-order chi connectivity index (χ0) is 41.1. The van der Waals surface area contributed by atoms with Crippen LogP contribution in [0.2, 0.25) is 0 Å². The summed E-state index contributed by atoms with van der Waals surface area (Å²) in [6, 6.07) is 11.9. The van der Waals surface area contributed by atoms with E-state index in [2.05, 4.69) is 21.1 Å². The molecule has 1 heterocycles. The number of carbonyl (C=O) groups excluding carboxylic acids is 4. The Bertz CT molecular complexity index is 1700. The molecule has 0 spiro atoms. The molecule has 0 saturated carbocycles. The Kier molecular flexibility index (Phi) is 19.3. The molecule has 0 bridgehead atoms. The number of nitroso groups, excluding NO2 is 1. The van der Waals surface area contributed by atoms with E-state index in [1.54, 1.807) is 12.3 Å². The third kappa shape index (κ3) is 14.6. The van der Waals surface area contributed by atoms with Crippen LogP contribution in [-0.4, -0.2) is 77.9 Å². The zero-order valence-corrected chi connectivity index (χ0v) is 32.9. The molecule has 13 nitrogen and oxygen atoms in total. The van der Waals surface area contributed by atoms with E-state index in [9.17, 15) is 28.5 Å². The van der Waals surface area contributed by atoms with E-state index in [1.807, 2.05) is 69.5 Å². The van der Waals surface area contributed by atoms with Gasteiger partial charge in [0.05, 0.1) is 12.1 Å². The normalized spacial score (nSPS) is 12.7. The lowest BCUT2D eigenvalue weighted by molar-refractivity contribution is -0.135. The van der Waals surface area contributed by atoms with Crippen LogP contribution >= 0.6 is 0 Å². The van der Waals surface area contributed by atoms with Gasteiger partial charge in [-0.05, 0) is 67.5 Å². The maximum atomic E-state index is 15.0. The standard InChI is InChI=1S/C38H52F2N8O5.C2H6/c1-25(49)46-32(12-8-9-16-41)37(52)44-18-17-43-36(51)31(42)15-19-48(34(50)22-45-53)35(38(2,3)4)33-20-27(29-21-28(39)13-14-30(29)40)24-47(33)23-26-10-6-5-7-11-26;1-2/h5-7,10-11,13-14,20-21,24,31-32,35H,8-9,12,15-19,22-23,41-42H2,1-4H3,(H,43,51)(H,44,52)(H,46,49);1-2H3. The molecule has 0 fully saturated rings. The molecule has 3 rings (SSSR count). The lowest BCUT2D eigenvalue weighted by Gasteiger charge is -2.41. The Hall–Kier alpha value is -5.02. The first-order valence-electron chi connectivity index (χ1n) is 18.7. The Morgan fingerprint density at radius 1 is 0.927 bits per heavy atom. The monoisotopic (exact) mass is 768 g/mol. The van der Waals surface area contributed by atoms with E-state index >= 15 is 4.39 Å². The maximum Gasteiger partial charge on any atom is 0.248 e. The highest BCUT2D eigenvalue weighted by Crippen LogP contribution is 2.41. The van der Waals surface area contributed by atoms with Crippen LogP contribution in [0.4, 0.5) is 8.78 Å². The highest BCUT2D eigenvalue weighted by atomic mass is 19.1. The molecule has 3 unspecified atom stereocenters. The van der Waals surface area contributed by atoms with Crippen molar-refractivity contribution in [2.24, 2.45) is 22.1 Å². The molecule has 55 heavy (non-hydrogen) atoms. The van der Waals surface area contributed by atoms with Crippen LogP contribution in [0.3, 0.4) is 0 Å². The smallest absolute Gasteiger partial charge is 0.248 e. The topological polar surface area (TPSA) is 194 Å². The van der Waals surface area contributed by atoms with Gasteiger partial charge in [0.25, 0.3) is 0 Å². The second kappa shape index (κ2) is 23.0. The van der Waals surface area contributed by atoms with Gasteiger partial charge < -0.3 is 36.9 Å². The number of hydrogen-bond acceptors (Lipinski definition) is 8. The fourth-order valence-electron chi connectivity index (χ4n) is 6.20. The van der Waals surface area contributed by atoms with E-state index < -0.39 is 53.5 Å². The number of nitrogens with zero attached hydrogens (tertiary/aromatic N) is 3. The summed E-state index contributed by atoms with van der Waals surface area (Å²) in [4.78, 5) is 63.7. The number of carbonyl (C=O) groups is 4. The summed E-state index contributed by atoms with van der Waals surface area (Å²) < 4.78 is 31.2. The van der Waals surface area contributed by atoms with Crippen LogP contribution in [0.15, 0.2) is 66.0 Å². The predicted molar refractivity (Wildman–Crippen MR) is 210 cm³/mol. The quantitative estimate of drug-likeness (QED) is 0.0807. The third-order valence-corrected chi connectivity index (χ3v) is 8.68. The molecule has 0 saturated heterocycles. The van der Waals surface area contributed by atoms with Crippen LogP contribution in [-0.2, 0) is 25.7 Å². The van der Waals surface area contributed by atoms with Crippen LogP contribution in [0.25, 0.3) is 11.1 Å². The van der Waals surface area contributed by atoms with Crippen LogP contribution in [0, 0.1) is 22.0 Å². The molecule has 2 aromatic carbocycles. The number of hydrogen-bond donors (Lipinski definition) is 5. The first kappa shape index (κ1) is 46.1. The van der Waals surface area contributed by atoms with Crippen molar-refractivity contribution in [3.05, 3.63) is 88.6 Å². The molecule has 3 aromatic rings. The molecule has 4 amide bonds. The van der Waals surface area contributed by atoms with Gasteiger partial charge in [0, 0.05) is 56.1 Å². The summed E-state index contributed by atoms with van der Waals surface area (Å²) in [5, 5.41) is 10.8. The molecular formula is C40H58F2N8O5. The minimum absolute atomic E-state index is 0.00585. The molecule has 0 aliphatic carbocycles. The van der Waals surface area contributed by atoms with Gasteiger partial charge in [0.15, 0.2) is 6.54 Å². The fourth-order valence-corrected chi connectivity index (χ4v) is 6.20. The Balaban J connectivity index is 0.00000514. The summed E-state index contributed by atoms with van der Waals surface area (Å²) in [5.41, 5.74) is 13.1. The van der Waals surface area contributed by atoms with E-state index in [1.165, 1.54) is 11.8 Å². The molecule has 0 aliphatic rings. The maximum absolute atomic E-state index is 15.0. The summed E-state index contributed by atoms with van der Waals surface area (Å²) >= 11 is 0. The lowest BCUT2D eigenvalue weighted by Crippen LogP contribution is -2.49. The van der Waals surface area contributed by atoms with E-state index in [0.717, 1.165) is 23.8 Å². The first-order chi connectivity index (χ1) is 26.2. The van der Waals surface area contributed by atoms with E-state index in [4.69, 9.17) is 11.5 Å². The van der Waals surface area contributed by atoms with E-state index in [0.29, 0.717) is 43.6 Å². The van der Waals surface area contributed by atoms with Crippen LogP contribution in [0.1, 0.15) is 84.5 Å². The zero-order valence-electron chi connectivity index (χ0n) is 32.9. The number of amides is 4. The largest absolute Gasteiger partial charge is 0.353 e. The van der Waals surface area contributed by atoms with Crippen LogP contribution < -0.4 is 27.4 Å². The van der Waals surface area contributed by atoms with Gasteiger partial charge in [-0.3, -0.25) is 19.2 Å². The van der Waals surface area contributed by atoms with Gasteiger partial charge in [-0.1, -0.05) is 70.1 Å².